The summed E-state index contributed by atoms with van der Waals surface area (Å²) in [6.45, 7) is 3.86. The van der Waals surface area contributed by atoms with Crippen LogP contribution in [0.4, 0.5) is 18.9 Å². The van der Waals surface area contributed by atoms with E-state index in [4.69, 9.17) is 4.74 Å². The number of benzene rings is 1. The molecule has 0 spiro atoms. The van der Waals surface area contributed by atoms with Gasteiger partial charge in [-0.1, -0.05) is 0 Å². The van der Waals surface area contributed by atoms with Crippen LogP contribution in [0.1, 0.15) is 12.5 Å². The van der Waals surface area contributed by atoms with E-state index >= 15 is 0 Å². The van der Waals surface area contributed by atoms with Crippen molar-refractivity contribution in [3.8, 4) is 0 Å². The Kier molecular flexibility index (Phi) is 3.49. The van der Waals surface area contributed by atoms with Crippen LogP contribution in [0.2, 0.25) is 0 Å². The first-order valence-electron chi connectivity index (χ1n) is 6.78. The van der Waals surface area contributed by atoms with Gasteiger partial charge < -0.3 is 9.64 Å². The van der Waals surface area contributed by atoms with Crippen LogP contribution in [0.25, 0.3) is 10.9 Å². The molecule has 112 valence electrons. The van der Waals surface area contributed by atoms with Crippen LogP contribution in [0, 0.1) is 0 Å². The van der Waals surface area contributed by atoms with Crippen LogP contribution in [0.3, 0.4) is 0 Å². The van der Waals surface area contributed by atoms with Crippen molar-refractivity contribution in [3.63, 3.8) is 0 Å². The van der Waals surface area contributed by atoms with E-state index in [-0.39, 0.29) is 11.6 Å². The summed E-state index contributed by atoms with van der Waals surface area (Å²) in [6, 6.07) is 6.00. The first kappa shape index (κ1) is 14.1. The molecular weight excluding hydrogens is 281 g/mol. The number of hydrogen-bond donors (Lipinski definition) is 0. The molecule has 0 amide bonds. The summed E-state index contributed by atoms with van der Waals surface area (Å²) < 4.78 is 44.7. The van der Waals surface area contributed by atoms with Gasteiger partial charge in [-0.3, -0.25) is 4.98 Å². The fourth-order valence-electron chi connectivity index (χ4n) is 2.70. The predicted octanol–water partition coefficient (Wildman–Crippen LogP) is 3.48. The summed E-state index contributed by atoms with van der Waals surface area (Å²) in [6.07, 6.45) is -2.94. The van der Waals surface area contributed by atoms with Crippen molar-refractivity contribution in [3.05, 3.63) is 36.0 Å². The highest BCUT2D eigenvalue weighted by Gasteiger charge is 2.34. The van der Waals surface area contributed by atoms with Crippen LogP contribution >= 0.6 is 0 Å². The minimum Gasteiger partial charge on any atom is -0.375 e. The zero-order valence-corrected chi connectivity index (χ0v) is 11.5. The molecule has 1 saturated heterocycles. The second kappa shape index (κ2) is 5.18. The Morgan fingerprint density at radius 1 is 1.29 bits per heavy atom. The molecule has 1 atom stereocenters. The number of alkyl halides is 3. The van der Waals surface area contributed by atoms with Gasteiger partial charge in [0, 0.05) is 30.4 Å². The standard InChI is InChI=1S/C15H15F3N2O/c1-10-9-20(7-8-21-10)13-5-4-12(15(16,17)18)14-11(13)3-2-6-19-14/h2-6,10H,7-9H2,1H3/t10-/m1/s1. The molecule has 0 N–H and O–H groups in total. The largest absolute Gasteiger partial charge is 0.418 e. The van der Waals surface area contributed by atoms with Gasteiger partial charge in [-0.25, -0.2) is 0 Å². The minimum atomic E-state index is -4.40. The Balaban J connectivity index is 2.13. The lowest BCUT2D eigenvalue weighted by atomic mass is 10.1. The molecule has 21 heavy (non-hydrogen) atoms. The molecule has 0 saturated carbocycles. The number of aromatic nitrogens is 1. The topological polar surface area (TPSA) is 25.4 Å². The highest BCUT2D eigenvalue weighted by atomic mass is 19.4. The fourth-order valence-corrected chi connectivity index (χ4v) is 2.70. The van der Waals surface area contributed by atoms with Gasteiger partial charge in [0.15, 0.2) is 0 Å². The SMILES string of the molecule is C[C@@H]1CN(c2ccc(C(F)(F)F)c3ncccc23)CCO1. The number of hydrogen-bond acceptors (Lipinski definition) is 3. The molecule has 1 aliphatic heterocycles. The Hall–Kier alpha value is -1.82. The molecule has 3 rings (SSSR count). The lowest BCUT2D eigenvalue weighted by Crippen LogP contribution is -2.41. The summed E-state index contributed by atoms with van der Waals surface area (Å²) in [5.74, 6) is 0. The molecule has 6 heteroatoms. The van der Waals surface area contributed by atoms with Crippen LogP contribution < -0.4 is 4.90 Å². The first-order valence-corrected chi connectivity index (χ1v) is 6.78. The van der Waals surface area contributed by atoms with Crippen LogP contribution in [0.15, 0.2) is 30.5 Å². The van der Waals surface area contributed by atoms with Crippen molar-refractivity contribution in [2.24, 2.45) is 0 Å². The fraction of sp³-hybridized carbons (Fsp3) is 0.400. The molecule has 0 aliphatic carbocycles. The Morgan fingerprint density at radius 3 is 2.81 bits per heavy atom. The summed E-state index contributed by atoms with van der Waals surface area (Å²) in [4.78, 5) is 6.00. The normalized spacial score (nSPS) is 20.0. The van der Waals surface area contributed by atoms with Gasteiger partial charge in [-0.15, -0.1) is 0 Å². The number of fused-ring (bicyclic) bond motifs is 1. The molecule has 2 aromatic rings. The average Bonchev–Trinajstić information content (AvgIpc) is 2.45. The maximum Gasteiger partial charge on any atom is 0.418 e. The third-order valence-corrected chi connectivity index (χ3v) is 3.63. The van der Waals surface area contributed by atoms with E-state index in [1.165, 1.54) is 12.3 Å². The van der Waals surface area contributed by atoms with Gasteiger partial charge in [-0.2, -0.15) is 13.2 Å². The second-order valence-corrected chi connectivity index (χ2v) is 5.16. The minimum absolute atomic E-state index is 0.00152. The van der Waals surface area contributed by atoms with Gasteiger partial charge in [0.25, 0.3) is 0 Å². The van der Waals surface area contributed by atoms with Crippen LogP contribution in [-0.4, -0.2) is 30.8 Å². The zero-order chi connectivity index (χ0) is 15.0. The van der Waals surface area contributed by atoms with Crippen LogP contribution in [0.5, 0.6) is 0 Å². The van der Waals surface area contributed by atoms with E-state index in [2.05, 4.69) is 9.88 Å². The van der Waals surface area contributed by atoms with Crippen molar-refractivity contribution in [2.75, 3.05) is 24.6 Å². The predicted molar refractivity (Wildman–Crippen MR) is 74.4 cm³/mol. The molecule has 1 aromatic heterocycles. The third kappa shape index (κ3) is 2.68. The number of anilines is 1. The number of halogens is 3. The highest BCUT2D eigenvalue weighted by Crippen LogP contribution is 2.37. The Labute approximate surface area is 120 Å². The summed E-state index contributed by atoms with van der Waals surface area (Å²) >= 11 is 0. The Morgan fingerprint density at radius 2 is 2.10 bits per heavy atom. The van der Waals surface area contributed by atoms with E-state index in [0.717, 1.165) is 11.8 Å². The molecule has 1 fully saturated rings. The monoisotopic (exact) mass is 296 g/mol. The van der Waals surface area contributed by atoms with Crippen molar-refractivity contribution >= 4 is 16.6 Å². The van der Waals surface area contributed by atoms with E-state index in [1.807, 2.05) is 6.92 Å². The molecule has 2 heterocycles. The lowest BCUT2D eigenvalue weighted by molar-refractivity contribution is -0.136. The molecule has 1 aromatic carbocycles. The number of pyridine rings is 1. The van der Waals surface area contributed by atoms with E-state index in [9.17, 15) is 13.2 Å². The zero-order valence-electron chi connectivity index (χ0n) is 11.5. The first-order chi connectivity index (χ1) is 9.97. The second-order valence-electron chi connectivity index (χ2n) is 5.16. The third-order valence-electron chi connectivity index (χ3n) is 3.63. The number of ether oxygens (including phenoxy) is 1. The summed E-state index contributed by atoms with van der Waals surface area (Å²) in [7, 11) is 0. The van der Waals surface area contributed by atoms with Gasteiger partial charge in [0.1, 0.15) is 0 Å². The number of morpholine rings is 1. The lowest BCUT2D eigenvalue weighted by Gasteiger charge is -2.33. The van der Waals surface area contributed by atoms with Gasteiger partial charge >= 0.3 is 6.18 Å². The Bertz CT molecular complexity index is 657. The quantitative estimate of drug-likeness (QED) is 0.805. The van der Waals surface area contributed by atoms with Crippen molar-refractivity contribution < 1.29 is 17.9 Å². The molecule has 3 nitrogen and oxygen atoms in total. The van der Waals surface area contributed by atoms with Gasteiger partial charge in [0.05, 0.1) is 23.8 Å². The number of nitrogens with zero attached hydrogens (tertiary/aromatic N) is 2. The molecule has 0 bridgehead atoms. The molecule has 0 unspecified atom stereocenters. The molecule has 1 aliphatic rings. The smallest absolute Gasteiger partial charge is 0.375 e. The number of rotatable bonds is 1. The molecule has 0 radical (unpaired) electrons. The maximum absolute atomic E-state index is 13.1. The summed E-state index contributed by atoms with van der Waals surface area (Å²) in [5, 5.41) is 0.529. The van der Waals surface area contributed by atoms with Crippen molar-refractivity contribution in [1.82, 2.24) is 4.98 Å². The average molecular weight is 296 g/mol. The highest BCUT2D eigenvalue weighted by molar-refractivity contribution is 5.94. The summed E-state index contributed by atoms with van der Waals surface area (Å²) in [5.41, 5.74) is 0.0889. The van der Waals surface area contributed by atoms with Gasteiger partial charge in [0.2, 0.25) is 0 Å². The van der Waals surface area contributed by atoms with E-state index in [1.54, 1.807) is 12.1 Å². The van der Waals surface area contributed by atoms with Crippen molar-refractivity contribution in [1.29, 1.82) is 0 Å². The van der Waals surface area contributed by atoms with Crippen LogP contribution in [-0.2, 0) is 10.9 Å². The van der Waals surface area contributed by atoms with Gasteiger partial charge in [-0.05, 0) is 31.2 Å². The maximum atomic E-state index is 13.1. The van der Waals surface area contributed by atoms with E-state index < -0.39 is 11.7 Å². The van der Waals surface area contributed by atoms with E-state index in [0.29, 0.717) is 25.1 Å². The van der Waals surface area contributed by atoms with Crippen molar-refractivity contribution in [2.45, 2.75) is 19.2 Å². The molecular formula is C15H15F3N2O.